The summed E-state index contributed by atoms with van der Waals surface area (Å²) in [6, 6.07) is 0. The fourth-order valence-corrected chi connectivity index (χ4v) is 14.2. The molecule has 19 heteroatoms. The highest BCUT2D eigenvalue weighted by atomic mass is 31.2. The van der Waals surface area contributed by atoms with Gasteiger partial charge in [-0.1, -0.05) is 381 Å². The van der Waals surface area contributed by atoms with E-state index in [-0.39, 0.29) is 25.7 Å². The molecule has 0 aromatic carbocycles. The summed E-state index contributed by atoms with van der Waals surface area (Å²) in [5.74, 6) is -1.31. The molecule has 0 aliphatic rings. The highest BCUT2D eigenvalue weighted by Gasteiger charge is 2.30. The number of phosphoric acid groups is 2. The Balaban J connectivity index is 5.25. The topological polar surface area (TPSA) is 237 Å². The fourth-order valence-electron chi connectivity index (χ4n) is 12.6. The van der Waals surface area contributed by atoms with Crippen LogP contribution in [0.2, 0.25) is 0 Å². The van der Waals surface area contributed by atoms with Crippen molar-refractivity contribution in [2.24, 2.45) is 5.92 Å². The van der Waals surface area contributed by atoms with E-state index in [9.17, 15) is 43.2 Å². The van der Waals surface area contributed by atoms with Crippen molar-refractivity contribution in [1.82, 2.24) is 0 Å². The minimum Gasteiger partial charge on any atom is -0.462 e. The number of rotatable bonds is 81. The molecule has 0 rings (SSSR count). The summed E-state index contributed by atoms with van der Waals surface area (Å²) in [5.41, 5.74) is 0. The fraction of sp³-hybridized carbons (Fsp3) is 0.951. The van der Waals surface area contributed by atoms with E-state index in [1.54, 1.807) is 0 Å². The molecule has 0 aromatic heterocycles. The maximum Gasteiger partial charge on any atom is 0.472 e. The molecule has 3 N–H and O–H groups in total. The SMILES string of the molecule is CCCCCCCCCCCCCCCCCCCC(=O)O[C@H](COC(=O)CCCCCCCCCCCCCCCC(C)C)COP(=O)(O)OC[C@@H](O)COP(=O)(O)OC[C@@H](COC(=O)CCCCCCCCCCCCC)OC(=O)CCCCCCCCCCCCCCCCCC. The van der Waals surface area contributed by atoms with Gasteiger partial charge in [0.2, 0.25) is 0 Å². The Labute approximate surface area is 613 Å². The van der Waals surface area contributed by atoms with Crippen molar-refractivity contribution in [3.05, 3.63) is 0 Å². The van der Waals surface area contributed by atoms with E-state index in [2.05, 4.69) is 34.6 Å². The van der Waals surface area contributed by atoms with Gasteiger partial charge in [-0.05, 0) is 31.6 Å². The zero-order valence-electron chi connectivity index (χ0n) is 65.3. The molecular weight excluding hydrogens is 1310 g/mol. The van der Waals surface area contributed by atoms with Crippen LogP contribution in [0.4, 0.5) is 0 Å². The number of phosphoric ester groups is 2. The highest BCUT2D eigenvalue weighted by molar-refractivity contribution is 7.47. The minimum atomic E-state index is -4.96. The summed E-state index contributed by atoms with van der Waals surface area (Å²) in [6.45, 7) is 7.36. The molecule has 594 valence electrons. The summed E-state index contributed by atoms with van der Waals surface area (Å²) >= 11 is 0. The van der Waals surface area contributed by atoms with E-state index < -0.39 is 97.5 Å². The lowest BCUT2D eigenvalue weighted by Crippen LogP contribution is -2.30. The van der Waals surface area contributed by atoms with E-state index in [4.69, 9.17) is 37.0 Å². The molecule has 0 fully saturated rings. The molecule has 0 aromatic rings. The monoisotopic (exact) mass is 1470 g/mol. The predicted octanol–water partition coefficient (Wildman–Crippen LogP) is 24.4. The van der Waals surface area contributed by atoms with Crippen molar-refractivity contribution >= 4 is 39.5 Å². The first-order chi connectivity index (χ1) is 48.5. The number of carbonyl (C=O) groups excluding carboxylic acids is 4. The Bertz CT molecular complexity index is 1910. The molecule has 0 radical (unpaired) electrons. The molecule has 100 heavy (non-hydrogen) atoms. The molecular formula is C81H158O17P2. The van der Waals surface area contributed by atoms with Crippen LogP contribution in [0.3, 0.4) is 0 Å². The molecule has 0 aliphatic carbocycles. The minimum absolute atomic E-state index is 0.109. The van der Waals surface area contributed by atoms with Crippen LogP contribution in [-0.2, 0) is 65.4 Å². The Morgan fingerprint density at radius 2 is 0.460 bits per heavy atom. The van der Waals surface area contributed by atoms with Crippen LogP contribution < -0.4 is 0 Å². The molecule has 0 saturated heterocycles. The molecule has 2 unspecified atom stereocenters. The van der Waals surface area contributed by atoms with Gasteiger partial charge in [0.15, 0.2) is 12.2 Å². The van der Waals surface area contributed by atoms with Crippen LogP contribution in [-0.4, -0.2) is 96.7 Å². The predicted molar refractivity (Wildman–Crippen MR) is 409 cm³/mol. The molecule has 0 bridgehead atoms. The summed E-state index contributed by atoms with van der Waals surface area (Å²) in [7, 11) is -9.92. The molecule has 0 heterocycles. The normalized spacial score (nSPS) is 13.8. The van der Waals surface area contributed by atoms with Crippen molar-refractivity contribution < 1.29 is 80.2 Å². The quantitative estimate of drug-likeness (QED) is 0.0222. The Kier molecular flexibility index (Phi) is 72.5. The van der Waals surface area contributed by atoms with Gasteiger partial charge in [0.1, 0.15) is 19.3 Å². The number of aliphatic hydroxyl groups excluding tert-OH is 1. The second-order valence-corrected chi connectivity index (χ2v) is 32.5. The lowest BCUT2D eigenvalue weighted by Gasteiger charge is -2.21. The third-order valence-corrected chi connectivity index (χ3v) is 20.9. The van der Waals surface area contributed by atoms with Gasteiger partial charge in [-0.25, -0.2) is 9.13 Å². The van der Waals surface area contributed by atoms with Crippen LogP contribution >= 0.6 is 15.6 Å². The van der Waals surface area contributed by atoms with Crippen molar-refractivity contribution in [2.75, 3.05) is 39.6 Å². The summed E-state index contributed by atoms with van der Waals surface area (Å²) < 4.78 is 68.8. The van der Waals surface area contributed by atoms with Gasteiger partial charge in [-0.15, -0.1) is 0 Å². The zero-order chi connectivity index (χ0) is 73.4. The maximum atomic E-state index is 13.1. The van der Waals surface area contributed by atoms with Gasteiger partial charge in [-0.3, -0.25) is 37.3 Å². The number of ether oxygens (including phenoxy) is 4. The van der Waals surface area contributed by atoms with E-state index in [1.807, 2.05) is 0 Å². The van der Waals surface area contributed by atoms with Crippen molar-refractivity contribution in [1.29, 1.82) is 0 Å². The number of carbonyl (C=O) groups is 4. The van der Waals surface area contributed by atoms with Crippen LogP contribution in [0, 0.1) is 5.92 Å². The molecule has 5 atom stereocenters. The number of esters is 4. The van der Waals surface area contributed by atoms with E-state index in [0.717, 1.165) is 95.8 Å². The first-order valence-corrected chi connectivity index (χ1v) is 45.1. The van der Waals surface area contributed by atoms with Gasteiger partial charge in [0.05, 0.1) is 26.4 Å². The molecule has 17 nitrogen and oxygen atoms in total. The van der Waals surface area contributed by atoms with E-state index >= 15 is 0 Å². The Morgan fingerprint density at radius 1 is 0.270 bits per heavy atom. The van der Waals surface area contributed by atoms with Crippen LogP contribution in [0.25, 0.3) is 0 Å². The van der Waals surface area contributed by atoms with Gasteiger partial charge in [0.25, 0.3) is 0 Å². The molecule has 0 saturated carbocycles. The van der Waals surface area contributed by atoms with Crippen molar-refractivity contribution in [2.45, 2.75) is 451 Å². The summed E-state index contributed by atoms with van der Waals surface area (Å²) in [6.07, 6.45) is 65.0. The second-order valence-electron chi connectivity index (χ2n) is 29.6. The average Bonchev–Trinajstić information content (AvgIpc) is 2.64. The van der Waals surface area contributed by atoms with Gasteiger partial charge >= 0.3 is 39.5 Å². The van der Waals surface area contributed by atoms with Gasteiger partial charge in [-0.2, -0.15) is 0 Å². The Morgan fingerprint density at radius 3 is 0.680 bits per heavy atom. The Hall–Kier alpha value is -1.94. The largest absolute Gasteiger partial charge is 0.472 e. The first kappa shape index (κ1) is 98.1. The maximum absolute atomic E-state index is 13.1. The summed E-state index contributed by atoms with van der Waals surface area (Å²) in [5, 5.41) is 10.6. The smallest absolute Gasteiger partial charge is 0.462 e. The molecule has 0 aliphatic heterocycles. The van der Waals surface area contributed by atoms with Crippen LogP contribution in [0.1, 0.15) is 433 Å². The van der Waals surface area contributed by atoms with E-state index in [0.29, 0.717) is 25.7 Å². The zero-order valence-corrected chi connectivity index (χ0v) is 67.1. The lowest BCUT2D eigenvalue weighted by molar-refractivity contribution is -0.161. The summed E-state index contributed by atoms with van der Waals surface area (Å²) in [4.78, 5) is 73.1. The number of unbranched alkanes of at least 4 members (excludes halogenated alkanes) is 53. The third kappa shape index (κ3) is 74.3. The molecule has 0 amide bonds. The number of hydrogen-bond acceptors (Lipinski definition) is 15. The standard InChI is InChI=1S/C81H158O17P2/c1-6-9-12-15-18-21-24-26-28-30-32-36-42-47-52-57-62-67-81(86)98-77(71-92-79(84)65-60-55-50-45-40-37-33-34-39-43-48-53-58-63-74(4)5)73-96-100(89,90)94-69-75(82)68-93-99(87,88)95-72-76(70-91-78(83)64-59-54-49-44-38-23-20-17-14-11-8-3)97-80(85)66-61-56-51-46-41-35-31-29-27-25-22-19-16-13-10-7-2/h74-77,82H,6-73H2,1-5H3,(H,87,88)(H,89,90)/t75-,76+,77+/m0/s1. The van der Waals surface area contributed by atoms with Gasteiger partial charge in [0, 0.05) is 25.7 Å². The van der Waals surface area contributed by atoms with Crippen LogP contribution in [0.5, 0.6) is 0 Å². The average molecular weight is 1470 g/mol. The number of hydrogen-bond donors (Lipinski definition) is 3. The number of aliphatic hydroxyl groups is 1. The van der Waals surface area contributed by atoms with E-state index in [1.165, 1.54) is 257 Å². The van der Waals surface area contributed by atoms with Crippen molar-refractivity contribution in [3.63, 3.8) is 0 Å². The third-order valence-electron chi connectivity index (χ3n) is 19.0. The lowest BCUT2D eigenvalue weighted by atomic mass is 10.0. The second kappa shape index (κ2) is 73.9. The van der Waals surface area contributed by atoms with Crippen molar-refractivity contribution in [3.8, 4) is 0 Å². The van der Waals surface area contributed by atoms with Crippen LogP contribution in [0.15, 0.2) is 0 Å². The first-order valence-electron chi connectivity index (χ1n) is 42.1. The molecule has 0 spiro atoms. The van der Waals surface area contributed by atoms with Gasteiger partial charge < -0.3 is 33.8 Å². The highest BCUT2D eigenvalue weighted by Crippen LogP contribution is 2.45.